The molecule has 0 unspecified atom stereocenters. The molecule has 2 N–H and O–H groups in total. The van der Waals surface area contributed by atoms with Gasteiger partial charge in [-0.3, -0.25) is 9.59 Å². The van der Waals surface area contributed by atoms with E-state index >= 15 is 0 Å². The smallest absolute Gasteiger partial charge is 0.241 e. The van der Waals surface area contributed by atoms with E-state index < -0.39 is 0 Å². The van der Waals surface area contributed by atoms with Crippen molar-refractivity contribution in [2.45, 2.75) is 39.5 Å². The van der Waals surface area contributed by atoms with Crippen molar-refractivity contribution in [3.8, 4) is 0 Å². The second-order valence-electron chi connectivity index (χ2n) is 6.37. The highest BCUT2D eigenvalue weighted by molar-refractivity contribution is 5.92. The summed E-state index contributed by atoms with van der Waals surface area (Å²) in [4.78, 5) is 26.0. The highest BCUT2D eigenvalue weighted by atomic mass is 16.2. The van der Waals surface area contributed by atoms with Crippen molar-refractivity contribution in [1.29, 1.82) is 0 Å². The van der Waals surface area contributed by atoms with E-state index in [9.17, 15) is 9.59 Å². The maximum absolute atomic E-state index is 12.3. The zero-order chi connectivity index (χ0) is 16.7. The van der Waals surface area contributed by atoms with E-state index in [2.05, 4.69) is 10.6 Å². The molecule has 1 fully saturated rings. The molecule has 126 valence electrons. The fourth-order valence-electron chi connectivity index (χ4n) is 2.60. The van der Waals surface area contributed by atoms with Crippen LogP contribution in [0.25, 0.3) is 0 Å². The maximum Gasteiger partial charge on any atom is 0.241 e. The van der Waals surface area contributed by atoms with Crippen LogP contribution in [0.5, 0.6) is 0 Å². The lowest BCUT2D eigenvalue weighted by atomic mass is 10.2. The maximum atomic E-state index is 12.3. The van der Waals surface area contributed by atoms with Crippen LogP contribution in [0.15, 0.2) is 24.3 Å². The lowest BCUT2D eigenvalue weighted by Gasteiger charge is -2.20. The molecule has 23 heavy (non-hydrogen) atoms. The van der Waals surface area contributed by atoms with Crippen LogP contribution < -0.4 is 10.6 Å². The Labute approximate surface area is 138 Å². The Morgan fingerprint density at radius 1 is 1.09 bits per heavy atom. The number of hydrogen-bond acceptors (Lipinski definition) is 3. The number of carbonyl (C=O) groups excluding carboxylic acids is 2. The van der Waals surface area contributed by atoms with Gasteiger partial charge in [0.05, 0.1) is 6.54 Å². The van der Waals surface area contributed by atoms with Gasteiger partial charge in [0, 0.05) is 30.4 Å². The molecule has 1 aromatic rings. The molecule has 0 saturated carbocycles. The molecule has 0 bridgehead atoms. The molecule has 1 heterocycles. The first-order valence-corrected chi connectivity index (χ1v) is 8.49. The summed E-state index contributed by atoms with van der Waals surface area (Å²) in [6, 6.07) is 7.48. The second-order valence-corrected chi connectivity index (χ2v) is 6.37. The number of carbonyl (C=O) groups is 2. The van der Waals surface area contributed by atoms with Gasteiger partial charge in [0.25, 0.3) is 0 Å². The predicted octanol–water partition coefficient (Wildman–Crippen LogP) is 3.10. The summed E-state index contributed by atoms with van der Waals surface area (Å²) in [7, 11) is 0. The van der Waals surface area contributed by atoms with Crippen LogP contribution in [0.2, 0.25) is 0 Å². The highest BCUT2D eigenvalue weighted by Crippen LogP contribution is 2.16. The summed E-state index contributed by atoms with van der Waals surface area (Å²) in [6.45, 7) is 5.74. The van der Waals surface area contributed by atoms with Crippen molar-refractivity contribution in [2.75, 3.05) is 30.3 Å². The van der Waals surface area contributed by atoms with Gasteiger partial charge >= 0.3 is 0 Å². The third kappa shape index (κ3) is 5.58. The SMILES string of the molecule is CC(C)C(=O)Nc1cccc(NCC(=O)N2CCCCCC2)c1. The summed E-state index contributed by atoms with van der Waals surface area (Å²) >= 11 is 0. The molecule has 1 saturated heterocycles. The largest absolute Gasteiger partial charge is 0.376 e. The summed E-state index contributed by atoms with van der Waals surface area (Å²) in [5, 5.41) is 6.03. The molecule has 1 aromatic carbocycles. The van der Waals surface area contributed by atoms with Crippen molar-refractivity contribution < 1.29 is 9.59 Å². The first-order valence-electron chi connectivity index (χ1n) is 8.49. The van der Waals surface area contributed by atoms with Crippen molar-refractivity contribution in [1.82, 2.24) is 4.90 Å². The number of nitrogens with zero attached hydrogens (tertiary/aromatic N) is 1. The van der Waals surface area contributed by atoms with Gasteiger partial charge in [-0.15, -0.1) is 0 Å². The number of hydrogen-bond donors (Lipinski definition) is 2. The van der Waals surface area contributed by atoms with E-state index in [4.69, 9.17) is 0 Å². The van der Waals surface area contributed by atoms with Gasteiger partial charge in [-0.05, 0) is 31.0 Å². The molecule has 0 aromatic heterocycles. The molecular weight excluding hydrogens is 290 g/mol. The van der Waals surface area contributed by atoms with Crippen LogP contribution in [0.1, 0.15) is 39.5 Å². The van der Waals surface area contributed by atoms with Gasteiger partial charge in [0.2, 0.25) is 11.8 Å². The summed E-state index contributed by atoms with van der Waals surface area (Å²) in [5.74, 6) is 0.0718. The first-order chi connectivity index (χ1) is 11.1. The standard InChI is InChI=1S/C18H27N3O2/c1-14(2)18(23)20-16-9-7-8-15(12-16)19-13-17(22)21-10-5-3-4-6-11-21/h7-9,12,14,19H,3-6,10-11,13H2,1-2H3,(H,20,23). The Hall–Kier alpha value is -2.04. The van der Waals surface area contributed by atoms with Crippen LogP contribution in [0, 0.1) is 5.92 Å². The van der Waals surface area contributed by atoms with Gasteiger partial charge < -0.3 is 15.5 Å². The number of amides is 2. The molecule has 5 nitrogen and oxygen atoms in total. The number of anilines is 2. The highest BCUT2D eigenvalue weighted by Gasteiger charge is 2.15. The lowest BCUT2D eigenvalue weighted by Crippen LogP contribution is -2.36. The Bertz CT molecular complexity index is 535. The molecule has 0 spiro atoms. The van der Waals surface area contributed by atoms with E-state index in [0.717, 1.165) is 37.3 Å². The average molecular weight is 317 g/mol. The van der Waals surface area contributed by atoms with E-state index in [-0.39, 0.29) is 17.7 Å². The Morgan fingerprint density at radius 3 is 2.39 bits per heavy atom. The fraction of sp³-hybridized carbons (Fsp3) is 0.556. The molecular formula is C18H27N3O2. The first kappa shape index (κ1) is 17.3. The third-order valence-electron chi connectivity index (χ3n) is 4.06. The van der Waals surface area contributed by atoms with Crippen LogP contribution in [-0.4, -0.2) is 36.3 Å². The van der Waals surface area contributed by atoms with Gasteiger partial charge in [-0.25, -0.2) is 0 Å². The van der Waals surface area contributed by atoms with E-state index in [0.29, 0.717) is 6.54 Å². The number of nitrogens with one attached hydrogen (secondary N) is 2. The van der Waals surface area contributed by atoms with Crippen molar-refractivity contribution in [3.63, 3.8) is 0 Å². The topological polar surface area (TPSA) is 61.4 Å². The van der Waals surface area contributed by atoms with Crippen LogP contribution in [-0.2, 0) is 9.59 Å². The minimum Gasteiger partial charge on any atom is -0.376 e. The molecule has 0 aliphatic carbocycles. The van der Waals surface area contributed by atoms with Crippen LogP contribution in [0.4, 0.5) is 11.4 Å². The molecule has 2 rings (SSSR count). The molecule has 0 atom stereocenters. The molecule has 1 aliphatic rings. The number of benzene rings is 1. The predicted molar refractivity (Wildman–Crippen MR) is 93.4 cm³/mol. The quantitative estimate of drug-likeness (QED) is 0.877. The van der Waals surface area contributed by atoms with Crippen LogP contribution in [0.3, 0.4) is 0 Å². The van der Waals surface area contributed by atoms with E-state index in [1.165, 1.54) is 12.8 Å². The van der Waals surface area contributed by atoms with Gasteiger partial charge in [0.15, 0.2) is 0 Å². The average Bonchev–Trinajstić information content (AvgIpc) is 2.82. The third-order valence-corrected chi connectivity index (χ3v) is 4.06. The molecule has 1 aliphatic heterocycles. The van der Waals surface area contributed by atoms with Gasteiger partial charge in [-0.2, -0.15) is 0 Å². The monoisotopic (exact) mass is 317 g/mol. The Kier molecular flexibility index (Phi) is 6.44. The normalized spacial score (nSPS) is 15.2. The minimum absolute atomic E-state index is 0.0113. The van der Waals surface area contributed by atoms with Crippen molar-refractivity contribution in [2.24, 2.45) is 5.92 Å². The second kappa shape index (κ2) is 8.56. The number of likely N-dealkylation sites (tertiary alicyclic amines) is 1. The van der Waals surface area contributed by atoms with Crippen LogP contribution >= 0.6 is 0 Å². The lowest BCUT2D eigenvalue weighted by molar-refractivity contribution is -0.129. The Morgan fingerprint density at radius 2 is 1.74 bits per heavy atom. The summed E-state index contributed by atoms with van der Waals surface area (Å²) in [5.41, 5.74) is 1.59. The number of rotatable bonds is 5. The van der Waals surface area contributed by atoms with Gasteiger partial charge in [0.1, 0.15) is 0 Å². The van der Waals surface area contributed by atoms with Gasteiger partial charge in [-0.1, -0.05) is 32.8 Å². The van der Waals surface area contributed by atoms with E-state index in [1.807, 2.05) is 43.0 Å². The fourth-order valence-corrected chi connectivity index (χ4v) is 2.60. The Balaban J connectivity index is 1.87. The zero-order valence-corrected chi connectivity index (χ0v) is 14.1. The molecule has 5 heteroatoms. The molecule has 0 radical (unpaired) electrons. The minimum atomic E-state index is -0.0590. The van der Waals surface area contributed by atoms with Crippen molar-refractivity contribution in [3.05, 3.63) is 24.3 Å². The summed E-state index contributed by atoms with van der Waals surface area (Å²) in [6.07, 6.45) is 4.63. The molecule has 2 amide bonds. The summed E-state index contributed by atoms with van der Waals surface area (Å²) < 4.78 is 0. The van der Waals surface area contributed by atoms with E-state index in [1.54, 1.807) is 0 Å². The van der Waals surface area contributed by atoms with Crippen molar-refractivity contribution >= 4 is 23.2 Å². The zero-order valence-electron chi connectivity index (χ0n) is 14.1.